The molecule has 0 aliphatic heterocycles. The Kier molecular flexibility index (Phi) is 4.36. The first-order chi connectivity index (χ1) is 7.84. The lowest BCUT2D eigenvalue weighted by atomic mass is 10.0. The Bertz CT molecular complexity index is 348. The highest BCUT2D eigenvalue weighted by molar-refractivity contribution is 5.28. The molecule has 0 saturated heterocycles. The molecule has 0 heterocycles. The molecule has 0 bridgehead atoms. The summed E-state index contributed by atoms with van der Waals surface area (Å²) in [6.07, 6.45) is -9.39. The van der Waals surface area contributed by atoms with Gasteiger partial charge in [-0.15, -0.1) is 0 Å². The average molecular weight is 250 g/mol. The number of rotatable bonds is 4. The lowest BCUT2D eigenvalue weighted by Crippen LogP contribution is -2.30. The molecule has 6 heteroatoms. The van der Waals surface area contributed by atoms with Gasteiger partial charge in [-0.3, -0.25) is 0 Å². The summed E-state index contributed by atoms with van der Waals surface area (Å²) in [5.74, 6) is 0.539. The normalized spacial score (nSPS) is 15.4. The van der Waals surface area contributed by atoms with Gasteiger partial charge in [0.05, 0.1) is 13.2 Å². The molecule has 1 aromatic rings. The Hall–Kier alpha value is -1.27. The molecule has 0 radical (unpaired) electrons. The lowest BCUT2D eigenvalue weighted by molar-refractivity contribution is -0.211. The van der Waals surface area contributed by atoms with Crippen LogP contribution in [-0.4, -0.2) is 29.6 Å². The topological polar surface area (TPSA) is 49.7 Å². The van der Waals surface area contributed by atoms with E-state index in [1.165, 1.54) is 31.4 Å². The van der Waals surface area contributed by atoms with Crippen LogP contribution in [0.3, 0.4) is 0 Å². The van der Waals surface area contributed by atoms with Crippen molar-refractivity contribution in [3.05, 3.63) is 29.8 Å². The molecule has 3 nitrogen and oxygen atoms in total. The maximum absolute atomic E-state index is 12.1. The molecule has 1 rings (SSSR count). The minimum absolute atomic E-state index is 0.300. The summed E-state index contributed by atoms with van der Waals surface area (Å²) in [5, 5.41) is 18.3. The summed E-state index contributed by atoms with van der Waals surface area (Å²) in [6, 6.07) is 5.95. The van der Waals surface area contributed by atoms with Crippen molar-refractivity contribution < 1.29 is 28.1 Å². The van der Waals surface area contributed by atoms with Gasteiger partial charge in [0.1, 0.15) is 5.75 Å². The fourth-order valence-electron chi connectivity index (χ4n) is 1.31. The Morgan fingerprint density at radius 3 is 2.12 bits per heavy atom. The second-order valence-corrected chi connectivity index (χ2v) is 3.58. The number of hydrogen-bond acceptors (Lipinski definition) is 3. The van der Waals surface area contributed by atoms with E-state index in [0.717, 1.165) is 0 Å². The van der Waals surface area contributed by atoms with E-state index < -0.39 is 24.8 Å². The molecule has 0 aromatic heterocycles. The van der Waals surface area contributed by atoms with E-state index in [1.54, 1.807) is 0 Å². The molecule has 2 atom stereocenters. The first kappa shape index (κ1) is 13.8. The van der Waals surface area contributed by atoms with Crippen molar-refractivity contribution in [1.29, 1.82) is 0 Å². The predicted molar refractivity (Wildman–Crippen MR) is 54.6 cm³/mol. The van der Waals surface area contributed by atoms with Crippen molar-refractivity contribution in [2.45, 2.75) is 24.8 Å². The minimum Gasteiger partial charge on any atom is -0.497 e. The smallest absolute Gasteiger partial charge is 0.414 e. The highest BCUT2D eigenvalue weighted by atomic mass is 19.4. The van der Waals surface area contributed by atoms with E-state index in [2.05, 4.69) is 0 Å². The van der Waals surface area contributed by atoms with Gasteiger partial charge in [0.2, 0.25) is 0 Å². The third-order valence-electron chi connectivity index (χ3n) is 2.32. The van der Waals surface area contributed by atoms with Gasteiger partial charge >= 0.3 is 6.18 Å². The van der Waals surface area contributed by atoms with E-state index >= 15 is 0 Å². The third-order valence-corrected chi connectivity index (χ3v) is 2.32. The van der Waals surface area contributed by atoms with Crippen LogP contribution >= 0.6 is 0 Å². The first-order valence-electron chi connectivity index (χ1n) is 4.91. The van der Waals surface area contributed by atoms with Crippen LogP contribution in [0.5, 0.6) is 5.75 Å². The quantitative estimate of drug-likeness (QED) is 0.859. The van der Waals surface area contributed by atoms with Crippen molar-refractivity contribution in [2.24, 2.45) is 0 Å². The van der Waals surface area contributed by atoms with Crippen LogP contribution in [0.4, 0.5) is 13.2 Å². The maximum Gasteiger partial charge on any atom is 0.414 e. The van der Waals surface area contributed by atoms with Crippen molar-refractivity contribution >= 4 is 0 Å². The van der Waals surface area contributed by atoms with Crippen molar-refractivity contribution in [3.63, 3.8) is 0 Å². The number of alkyl halides is 3. The molecule has 0 spiro atoms. The zero-order valence-electron chi connectivity index (χ0n) is 9.11. The number of aliphatic hydroxyl groups is 2. The van der Waals surface area contributed by atoms with E-state index in [-0.39, 0.29) is 0 Å². The molecule has 0 unspecified atom stereocenters. The SMILES string of the molecule is COc1ccc([C@@H](O)C[C@H](O)C(F)(F)F)cc1. The van der Waals surface area contributed by atoms with Gasteiger partial charge in [-0.05, 0) is 17.7 Å². The van der Waals surface area contributed by atoms with Crippen LogP contribution in [0, 0.1) is 0 Å². The van der Waals surface area contributed by atoms with Crippen LogP contribution in [0.2, 0.25) is 0 Å². The number of halogens is 3. The van der Waals surface area contributed by atoms with Gasteiger partial charge in [-0.25, -0.2) is 0 Å². The van der Waals surface area contributed by atoms with Crippen LogP contribution < -0.4 is 4.74 Å². The molecule has 0 amide bonds. The van der Waals surface area contributed by atoms with Gasteiger partial charge in [0.25, 0.3) is 0 Å². The summed E-state index contributed by atoms with van der Waals surface area (Å²) in [5.41, 5.74) is 0.300. The Balaban J connectivity index is 2.66. The maximum atomic E-state index is 12.1. The first-order valence-corrected chi connectivity index (χ1v) is 4.91. The largest absolute Gasteiger partial charge is 0.497 e. The Labute approximate surface area is 96.5 Å². The molecule has 96 valence electrons. The highest BCUT2D eigenvalue weighted by Crippen LogP contribution is 2.28. The second kappa shape index (κ2) is 5.37. The molecule has 1 aromatic carbocycles. The summed E-state index contributed by atoms with van der Waals surface area (Å²) in [7, 11) is 1.46. The van der Waals surface area contributed by atoms with E-state index in [1.807, 2.05) is 0 Å². The second-order valence-electron chi connectivity index (χ2n) is 3.58. The molecule has 2 N–H and O–H groups in total. The monoisotopic (exact) mass is 250 g/mol. The van der Waals surface area contributed by atoms with Gasteiger partial charge < -0.3 is 14.9 Å². The fourth-order valence-corrected chi connectivity index (χ4v) is 1.31. The summed E-state index contributed by atoms with van der Waals surface area (Å²) in [4.78, 5) is 0. The molecule has 0 fully saturated rings. The molecule has 0 saturated carbocycles. The van der Waals surface area contributed by atoms with Crippen molar-refractivity contribution in [1.82, 2.24) is 0 Å². The number of ether oxygens (including phenoxy) is 1. The Morgan fingerprint density at radius 1 is 1.18 bits per heavy atom. The number of hydrogen-bond donors (Lipinski definition) is 2. The van der Waals surface area contributed by atoms with Gasteiger partial charge in [0.15, 0.2) is 6.10 Å². The zero-order chi connectivity index (χ0) is 13.1. The van der Waals surface area contributed by atoms with Gasteiger partial charge in [-0.1, -0.05) is 12.1 Å². The van der Waals surface area contributed by atoms with Crippen LogP contribution in [0.25, 0.3) is 0 Å². The van der Waals surface area contributed by atoms with Crippen molar-refractivity contribution in [2.75, 3.05) is 7.11 Å². The molecule has 0 aliphatic rings. The predicted octanol–water partition coefficient (Wildman–Crippen LogP) is 2.04. The number of benzene rings is 1. The van der Waals surface area contributed by atoms with E-state index in [4.69, 9.17) is 9.84 Å². The van der Waals surface area contributed by atoms with Crippen LogP contribution in [0.15, 0.2) is 24.3 Å². The van der Waals surface area contributed by atoms with Gasteiger partial charge in [0, 0.05) is 6.42 Å². The molecule has 17 heavy (non-hydrogen) atoms. The van der Waals surface area contributed by atoms with Gasteiger partial charge in [-0.2, -0.15) is 13.2 Å². The third kappa shape index (κ3) is 3.90. The summed E-state index contributed by atoms with van der Waals surface area (Å²) >= 11 is 0. The fraction of sp³-hybridized carbons (Fsp3) is 0.455. The average Bonchev–Trinajstić information content (AvgIpc) is 2.27. The molecular formula is C11H13F3O3. The number of aliphatic hydroxyl groups excluding tert-OH is 2. The van der Waals surface area contributed by atoms with Crippen LogP contribution in [-0.2, 0) is 0 Å². The van der Waals surface area contributed by atoms with E-state index in [0.29, 0.717) is 11.3 Å². The summed E-state index contributed by atoms with van der Waals surface area (Å²) in [6.45, 7) is 0. The highest BCUT2D eigenvalue weighted by Gasteiger charge is 2.39. The molecule has 0 aliphatic carbocycles. The van der Waals surface area contributed by atoms with E-state index in [9.17, 15) is 18.3 Å². The lowest BCUT2D eigenvalue weighted by Gasteiger charge is -2.18. The zero-order valence-corrected chi connectivity index (χ0v) is 9.11. The minimum atomic E-state index is -4.71. The summed E-state index contributed by atoms with van der Waals surface area (Å²) < 4.78 is 41.1. The Morgan fingerprint density at radius 2 is 1.71 bits per heavy atom. The molecular weight excluding hydrogens is 237 g/mol. The standard InChI is InChI=1S/C11H13F3O3/c1-17-8-4-2-7(3-5-8)9(15)6-10(16)11(12,13)14/h2-5,9-10,15-16H,6H2,1H3/t9-,10-/m0/s1. The number of methoxy groups -OCH3 is 1. The van der Waals surface area contributed by atoms with Crippen LogP contribution in [0.1, 0.15) is 18.1 Å². The van der Waals surface area contributed by atoms with Crippen molar-refractivity contribution in [3.8, 4) is 5.75 Å².